The Morgan fingerprint density at radius 1 is 0.931 bits per heavy atom. The number of unbranched alkanes of at least 4 members (excludes halogenated alkanes) is 8. The van der Waals surface area contributed by atoms with Crippen molar-refractivity contribution in [2.45, 2.75) is 111 Å². The minimum absolute atomic E-state index is 0.0566. The van der Waals surface area contributed by atoms with Crippen molar-refractivity contribution in [3.63, 3.8) is 0 Å². The molecule has 1 rings (SSSR count). The van der Waals surface area contributed by atoms with Crippen LogP contribution in [0.15, 0.2) is 36.1 Å². The lowest BCUT2D eigenvalue weighted by atomic mass is 9.79. The van der Waals surface area contributed by atoms with Crippen molar-refractivity contribution in [2.24, 2.45) is 5.41 Å². The Labute approximate surface area is 178 Å². The van der Waals surface area contributed by atoms with Gasteiger partial charge >= 0.3 is 5.97 Å². The van der Waals surface area contributed by atoms with Crippen molar-refractivity contribution in [1.29, 1.82) is 0 Å². The molecular formula is C26H42O3. The topological polar surface area (TPSA) is 43.4 Å². The molecule has 0 spiro atoms. The van der Waals surface area contributed by atoms with Gasteiger partial charge in [-0.1, -0.05) is 77.2 Å². The van der Waals surface area contributed by atoms with Gasteiger partial charge in [0, 0.05) is 25.3 Å². The molecule has 3 heteroatoms. The van der Waals surface area contributed by atoms with Crippen LogP contribution in [0.25, 0.3) is 0 Å². The van der Waals surface area contributed by atoms with Crippen LogP contribution in [0.1, 0.15) is 111 Å². The fourth-order valence-electron chi connectivity index (χ4n) is 3.63. The first-order valence-electron chi connectivity index (χ1n) is 11.7. The van der Waals surface area contributed by atoms with E-state index in [2.05, 4.69) is 31.2 Å². The van der Waals surface area contributed by atoms with Gasteiger partial charge in [0.2, 0.25) is 0 Å². The van der Waals surface area contributed by atoms with Gasteiger partial charge in [0.05, 0.1) is 0 Å². The largest absolute Gasteiger partial charge is 0.431 e. The molecule has 0 bridgehead atoms. The number of ether oxygens (including phenoxy) is 1. The van der Waals surface area contributed by atoms with Crippen LogP contribution < -0.4 is 0 Å². The van der Waals surface area contributed by atoms with Gasteiger partial charge in [-0.15, -0.1) is 0 Å². The van der Waals surface area contributed by atoms with E-state index in [4.69, 9.17) is 4.74 Å². The van der Waals surface area contributed by atoms with Crippen molar-refractivity contribution in [1.82, 2.24) is 0 Å². The lowest BCUT2D eigenvalue weighted by Crippen LogP contribution is -2.23. The Balaban J connectivity index is 1.97. The van der Waals surface area contributed by atoms with Crippen LogP contribution in [0.5, 0.6) is 0 Å². The molecule has 0 aromatic heterocycles. The number of esters is 1. The van der Waals surface area contributed by atoms with E-state index in [0.29, 0.717) is 25.0 Å². The number of rotatable bonds is 15. The molecule has 0 heterocycles. The fourth-order valence-corrected chi connectivity index (χ4v) is 3.63. The lowest BCUT2D eigenvalue weighted by molar-refractivity contribution is -0.140. The van der Waals surface area contributed by atoms with Gasteiger partial charge in [-0.3, -0.25) is 9.59 Å². The van der Waals surface area contributed by atoms with E-state index >= 15 is 0 Å². The summed E-state index contributed by atoms with van der Waals surface area (Å²) in [5.41, 5.74) is -0.110. The Bertz CT molecular complexity index is 567. The first-order chi connectivity index (χ1) is 13.9. The van der Waals surface area contributed by atoms with Crippen molar-refractivity contribution in [2.75, 3.05) is 0 Å². The summed E-state index contributed by atoms with van der Waals surface area (Å²) in [6.07, 6.45) is 25.1. The molecule has 29 heavy (non-hydrogen) atoms. The zero-order valence-electron chi connectivity index (χ0n) is 19.0. The molecule has 1 aliphatic rings. The number of ketones is 1. The van der Waals surface area contributed by atoms with Crippen LogP contribution >= 0.6 is 0 Å². The first kappa shape index (κ1) is 25.4. The van der Waals surface area contributed by atoms with Gasteiger partial charge in [0.25, 0.3) is 0 Å². The maximum absolute atomic E-state index is 12.0. The summed E-state index contributed by atoms with van der Waals surface area (Å²) in [5, 5.41) is 0. The normalized spacial score (nSPS) is 16.5. The Kier molecular flexibility index (Phi) is 13.3. The summed E-state index contributed by atoms with van der Waals surface area (Å²) in [5.74, 6) is 0.396. The van der Waals surface area contributed by atoms with Crippen LogP contribution in [0.3, 0.4) is 0 Å². The maximum atomic E-state index is 12.0. The third-order valence-corrected chi connectivity index (χ3v) is 5.20. The zero-order valence-corrected chi connectivity index (χ0v) is 19.0. The van der Waals surface area contributed by atoms with Gasteiger partial charge in [-0.05, 0) is 43.9 Å². The lowest BCUT2D eigenvalue weighted by Gasteiger charge is -2.27. The predicted molar refractivity (Wildman–Crippen MR) is 122 cm³/mol. The number of hydrogen-bond acceptors (Lipinski definition) is 3. The van der Waals surface area contributed by atoms with Gasteiger partial charge in [0.1, 0.15) is 5.76 Å². The Morgan fingerprint density at radius 2 is 1.55 bits per heavy atom. The van der Waals surface area contributed by atoms with Gasteiger partial charge in [0.15, 0.2) is 5.78 Å². The number of carbonyl (C=O) groups is 2. The van der Waals surface area contributed by atoms with Crippen molar-refractivity contribution in [3.8, 4) is 0 Å². The summed E-state index contributed by atoms with van der Waals surface area (Å²) in [6, 6.07) is 0. The van der Waals surface area contributed by atoms with E-state index in [1.165, 1.54) is 44.6 Å². The monoisotopic (exact) mass is 402 g/mol. The summed E-state index contributed by atoms with van der Waals surface area (Å²) in [6.45, 7) is 6.31. The molecule has 0 amide bonds. The van der Waals surface area contributed by atoms with E-state index in [-0.39, 0.29) is 17.2 Å². The molecule has 0 fully saturated rings. The molecule has 0 aromatic rings. The summed E-state index contributed by atoms with van der Waals surface area (Å²) in [4.78, 5) is 23.7. The fraction of sp³-hybridized carbons (Fsp3) is 0.692. The second kappa shape index (κ2) is 15.2. The molecule has 0 saturated heterocycles. The molecule has 164 valence electrons. The van der Waals surface area contributed by atoms with Crippen LogP contribution in [0.2, 0.25) is 0 Å². The molecular weight excluding hydrogens is 360 g/mol. The van der Waals surface area contributed by atoms with Crippen molar-refractivity contribution < 1.29 is 14.3 Å². The quantitative estimate of drug-likeness (QED) is 0.161. The van der Waals surface area contributed by atoms with Crippen LogP contribution in [-0.2, 0) is 14.3 Å². The molecule has 3 nitrogen and oxygen atoms in total. The zero-order chi connectivity index (χ0) is 21.4. The molecule has 0 unspecified atom stereocenters. The van der Waals surface area contributed by atoms with E-state index in [9.17, 15) is 9.59 Å². The number of hydrogen-bond donors (Lipinski definition) is 0. The average Bonchev–Trinajstić information content (AvgIpc) is 2.63. The minimum atomic E-state index is -0.201. The highest BCUT2D eigenvalue weighted by Crippen LogP contribution is 2.34. The van der Waals surface area contributed by atoms with E-state index in [1.54, 1.807) is 0 Å². The molecule has 0 N–H and O–H groups in total. The third kappa shape index (κ3) is 14.1. The predicted octanol–water partition coefficient (Wildman–Crippen LogP) is 7.62. The molecule has 0 radical (unpaired) electrons. The van der Waals surface area contributed by atoms with Gasteiger partial charge < -0.3 is 4.74 Å². The third-order valence-electron chi connectivity index (χ3n) is 5.20. The van der Waals surface area contributed by atoms with Crippen LogP contribution in [0.4, 0.5) is 0 Å². The van der Waals surface area contributed by atoms with E-state index in [1.807, 2.05) is 13.8 Å². The minimum Gasteiger partial charge on any atom is -0.431 e. The summed E-state index contributed by atoms with van der Waals surface area (Å²) < 4.78 is 5.40. The second-order valence-electron chi connectivity index (χ2n) is 9.05. The molecule has 0 aliphatic heterocycles. The smallest absolute Gasteiger partial charge is 0.310 e. The Hall–Kier alpha value is -1.64. The molecule has 1 aliphatic carbocycles. The van der Waals surface area contributed by atoms with E-state index in [0.717, 1.165) is 32.1 Å². The molecule has 0 saturated carbocycles. The van der Waals surface area contributed by atoms with Gasteiger partial charge in [-0.2, -0.15) is 0 Å². The number of carbonyl (C=O) groups excluding carboxylic acids is 2. The number of allylic oxidation sites excluding steroid dienone is 6. The summed E-state index contributed by atoms with van der Waals surface area (Å²) >= 11 is 0. The first-order valence-corrected chi connectivity index (χ1v) is 11.7. The highest BCUT2D eigenvalue weighted by molar-refractivity contribution is 5.92. The highest BCUT2D eigenvalue weighted by atomic mass is 16.5. The SMILES string of the molecule is CCCCC/C=C\C/C=C\CCCCCCCC(=O)OC1=CC(=O)CC(C)(C)C1. The maximum Gasteiger partial charge on any atom is 0.310 e. The molecule has 0 aromatic carbocycles. The summed E-state index contributed by atoms with van der Waals surface area (Å²) in [7, 11) is 0. The van der Waals surface area contributed by atoms with Crippen LogP contribution in [0, 0.1) is 5.41 Å². The van der Waals surface area contributed by atoms with Crippen LogP contribution in [-0.4, -0.2) is 11.8 Å². The highest BCUT2D eigenvalue weighted by Gasteiger charge is 2.29. The van der Waals surface area contributed by atoms with Crippen molar-refractivity contribution >= 4 is 11.8 Å². The molecule has 0 atom stereocenters. The van der Waals surface area contributed by atoms with Gasteiger partial charge in [-0.25, -0.2) is 0 Å². The average molecular weight is 403 g/mol. The standard InChI is InChI=1S/C26H42O3/c1-4-5-6-7-8-9-10-11-12-13-14-15-16-17-18-19-25(28)29-24-20-23(27)21-26(2,3)22-24/h8-9,11-12,20H,4-7,10,13-19,21-22H2,1-3H3/b9-8-,12-11-. The Morgan fingerprint density at radius 3 is 2.21 bits per heavy atom. The van der Waals surface area contributed by atoms with Crippen molar-refractivity contribution in [3.05, 3.63) is 36.1 Å². The van der Waals surface area contributed by atoms with E-state index < -0.39 is 0 Å². The second-order valence-corrected chi connectivity index (χ2v) is 9.05.